The van der Waals surface area contributed by atoms with E-state index in [4.69, 9.17) is 24.4 Å². The third-order valence-corrected chi connectivity index (χ3v) is 11.2. The fourth-order valence-corrected chi connectivity index (χ4v) is 8.48. The van der Waals surface area contributed by atoms with Gasteiger partial charge in [-0.2, -0.15) is 9.97 Å². The fraction of sp³-hybridized carbons (Fsp3) is 0. The van der Waals surface area contributed by atoms with Gasteiger partial charge in [0, 0.05) is 43.9 Å². The molecule has 0 saturated heterocycles. The normalized spacial score (nSPS) is 11.7. The van der Waals surface area contributed by atoms with Crippen molar-refractivity contribution in [3.63, 3.8) is 0 Å². The highest BCUT2D eigenvalue weighted by molar-refractivity contribution is 6.23. The summed E-state index contributed by atoms with van der Waals surface area (Å²) in [5.41, 5.74) is 11.8. The quantitative estimate of drug-likeness (QED) is 0.169. The lowest BCUT2D eigenvalue weighted by atomic mass is 10.0. The second-order valence-corrected chi connectivity index (χ2v) is 14.7. The second-order valence-electron chi connectivity index (χ2n) is 14.7. The fourth-order valence-electron chi connectivity index (χ4n) is 8.48. The molecule has 7 heteroatoms. The van der Waals surface area contributed by atoms with E-state index in [-0.39, 0.29) is 0 Å². The van der Waals surface area contributed by atoms with Crippen LogP contribution in [0.15, 0.2) is 199 Å². The summed E-state index contributed by atoms with van der Waals surface area (Å²) in [4.78, 5) is 20.5. The van der Waals surface area contributed by atoms with Gasteiger partial charge in [-0.05, 0) is 59.7 Å². The van der Waals surface area contributed by atoms with E-state index >= 15 is 0 Å². The number of oxazole rings is 1. The minimum absolute atomic E-state index is 0.544. The third kappa shape index (κ3) is 5.36. The predicted molar refractivity (Wildman–Crippen MR) is 238 cm³/mol. The van der Waals surface area contributed by atoms with Crippen LogP contribution in [0.1, 0.15) is 0 Å². The third-order valence-electron chi connectivity index (χ3n) is 11.2. The zero-order chi connectivity index (χ0) is 38.9. The highest BCUT2D eigenvalue weighted by atomic mass is 16.3. The van der Waals surface area contributed by atoms with Crippen molar-refractivity contribution in [3.8, 4) is 57.0 Å². The first kappa shape index (κ1) is 33.0. The van der Waals surface area contributed by atoms with Gasteiger partial charge in [0.1, 0.15) is 5.52 Å². The Bertz CT molecular complexity index is 3500. The number of aromatic nitrogens is 6. The van der Waals surface area contributed by atoms with Crippen LogP contribution in [0, 0.1) is 0 Å². The molecule has 0 spiro atoms. The van der Waals surface area contributed by atoms with Gasteiger partial charge in [-0.15, -0.1) is 0 Å². The Balaban J connectivity index is 1.12. The first-order valence-electron chi connectivity index (χ1n) is 19.6. The number of nitrogens with zero attached hydrogens (tertiary/aromatic N) is 6. The number of fused-ring (bicyclic) bond motifs is 8. The summed E-state index contributed by atoms with van der Waals surface area (Å²) in [6, 6.07) is 67.0. The summed E-state index contributed by atoms with van der Waals surface area (Å²) in [7, 11) is 0. The highest BCUT2D eigenvalue weighted by Crippen LogP contribution is 2.42. The molecule has 59 heavy (non-hydrogen) atoms. The summed E-state index contributed by atoms with van der Waals surface area (Å²) in [5, 5.41) is 4.51. The van der Waals surface area contributed by atoms with Gasteiger partial charge in [-0.25, -0.2) is 9.97 Å². The van der Waals surface area contributed by atoms with Gasteiger partial charge in [0.15, 0.2) is 17.2 Å². The molecule has 12 aromatic rings. The van der Waals surface area contributed by atoms with Gasteiger partial charge >= 0.3 is 0 Å². The van der Waals surface area contributed by atoms with E-state index in [1.807, 2.05) is 60.7 Å². The molecule has 0 fully saturated rings. The van der Waals surface area contributed by atoms with Crippen LogP contribution < -0.4 is 0 Å². The van der Waals surface area contributed by atoms with Gasteiger partial charge in [-0.1, -0.05) is 146 Å². The van der Waals surface area contributed by atoms with Crippen LogP contribution >= 0.6 is 0 Å². The summed E-state index contributed by atoms with van der Waals surface area (Å²) in [6.45, 7) is 0. The smallest absolute Gasteiger partial charge is 0.238 e. The SMILES string of the molecule is c1ccc(-c2ccc(-c3nc(-c4ccccc4)nc(-n4c5ccccc5c5ccc6c7ccccc7n(-c7ccc(-c8nc9ccccc9o8)cc7)c6c54)n3)cc2)cc1. The van der Waals surface area contributed by atoms with Crippen molar-refractivity contribution in [1.29, 1.82) is 0 Å². The minimum atomic E-state index is 0.544. The zero-order valence-corrected chi connectivity index (χ0v) is 31.6. The average molecular weight is 757 g/mol. The van der Waals surface area contributed by atoms with Crippen molar-refractivity contribution in [3.05, 3.63) is 194 Å². The molecule has 0 aliphatic carbocycles. The molecule has 0 saturated carbocycles. The molecule has 0 amide bonds. The van der Waals surface area contributed by atoms with Crippen LogP contribution in [-0.2, 0) is 0 Å². The van der Waals surface area contributed by atoms with Crippen LogP contribution in [0.25, 0.3) is 112 Å². The Morgan fingerprint density at radius 1 is 0.339 bits per heavy atom. The van der Waals surface area contributed by atoms with Crippen LogP contribution in [0.2, 0.25) is 0 Å². The molecule has 0 unspecified atom stereocenters. The maximum absolute atomic E-state index is 6.15. The van der Waals surface area contributed by atoms with Crippen molar-refractivity contribution in [2.24, 2.45) is 0 Å². The minimum Gasteiger partial charge on any atom is -0.436 e. The van der Waals surface area contributed by atoms with Crippen molar-refractivity contribution in [2.75, 3.05) is 0 Å². The van der Waals surface area contributed by atoms with E-state index < -0.39 is 0 Å². The predicted octanol–water partition coefficient (Wildman–Crippen LogP) is 12.9. The van der Waals surface area contributed by atoms with Gasteiger partial charge in [0.05, 0.1) is 22.1 Å². The number of para-hydroxylation sites is 4. The summed E-state index contributed by atoms with van der Waals surface area (Å²) in [5.74, 6) is 2.34. The van der Waals surface area contributed by atoms with Crippen LogP contribution in [0.4, 0.5) is 0 Å². The highest BCUT2D eigenvalue weighted by Gasteiger charge is 2.23. The maximum atomic E-state index is 6.15. The molecular formula is C52H32N6O. The van der Waals surface area contributed by atoms with E-state index in [9.17, 15) is 0 Å². The number of hydrogen-bond donors (Lipinski definition) is 0. The molecule has 0 atom stereocenters. The molecule has 0 aliphatic heterocycles. The molecule has 4 heterocycles. The standard InChI is InChI=1S/C52H32N6O/c1-3-13-33(14-4-1)34-23-25-36(26-24-34)50-54-49(35-15-5-2-6-16-35)55-52(56-50)58-45-21-11-8-18-40(45)42-32-31-41-39-17-7-10-20-44(39)57(47(41)48(42)58)38-29-27-37(28-30-38)51-53-43-19-9-12-22-46(43)59-51/h1-32H. The van der Waals surface area contributed by atoms with Crippen LogP contribution in [-0.4, -0.2) is 29.1 Å². The van der Waals surface area contributed by atoms with Crippen molar-refractivity contribution >= 4 is 54.7 Å². The molecule has 276 valence electrons. The summed E-state index contributed by atoms with van der Waals surface area (Å²) >= 11 is 0. The largest absolute Gasteiger partial charge is 0.436 e. The number of hydrogen-bond acceptors (Lipinski definition) is 5. The first-order valence-corrected chi connectivity index (χ1v) is 19.6. The Morgan fingerprint density at radius 2 is 0.831 bits per heavy atom. The van der Waals surface area contributed by atoms with E-state index in [0.29, 0.717) is 23.5 Å². The summed E-state index contributed by atoms with van der Waals surface area (Å²) in [6.07, 6.45) is 0. The molecule has 4 aromatic heterocycles. The Hall–Kier alpha value is -8.16. The average Bonchev–Trinajstić information content (AvgIpc) is 4.00. The molecular weight excluding hydrogens is 725 g/mol. The zero-order valence-electron chi connectivity index (χ0n) is 31.6. The van der Waals surface area contributed by atoms with Crippen molar-refractivity contribution in [1.82, 2.24) is 29.1 Å². The van der Waals surface area contributed by atoms with E-state index in [1.165, 1.54) is 0 Å². The first-order chi connectivity index (χ1) is 29.2. The van der Waals surface area contributed by atoms with Crippen LogP contribution in [0.5, 0.6) is 0 Å². The van der Waals surface area contributed by atoms with Gasteiger partial charge in [0.25, 0.3) is 0 Å². The number of benzene rings is 8. The Kier molecular flexibility index (Phi) is 7.40. The molecule has 0 radical (unpaired) electrons. The van der Waals surface area contributed by atoms with Gasteiger partial charge in [0.2, 0.25) is 11.8 Å². The van der Waals surface area contributed by atoms with Gasteiger partial charge in [-0.3, -0.25) is 4.57 Å². The lowest BCUT2D eigenvalue weighted by Crippen LogP contribution is -2.07. The van der Waals surface area contributed by atoms with Crippen molar-refractivity contribution < 1.29 is 4.42 Å². The summed E-state index contributed by atoms with van der Waals surface area (Å²) < 4.78 is 10.7. The van der Waals surface area contributed by atoms with E-state index in [1.54, 1.807) is 0 Å². The topological polar surface area (TPSA) is 74.6 Å². The monoisotopic (exact) mass is 756 g/mol. The molecule has 0 aliphatic rings. The Morgan fingerprint density at radius 3 is 1.49 bits per heavy atom. The second kappa shape index (κ2) is 13.2. The molecule has 0 N–H and O–H groups in total. The van der Waals surface area contributed by atoms with Gasteiger partial charge < -0.3 is 8.98 Å². The maximum Gasteiger partial charge on any atom is 0.238 e. The molecule has 7 nitrogen and oxygen atoms in total. The van der Waals surface area contributed by atoms with E-state index in [2.05, 4.69) is 143 Å². The number of rotatable bonds is 6. The van der Waals surface area contributed by atoms with Crippen molar-refractivity contribution in [2.45, 2.75) is 0 Å². The van der Waals surface area contributed by atoms with E-state index in [0.717, 1.165) is 88.2 Å². The molecule has 0 bridgehead atoms. The lowest BCUT2D eigenvalue weighted by molar-refractivity contribution is 0.620. The lowest BCUT2D eigenvalue weighted by Gasteiger charge is -2.13. The Labute approximate surface area is 338 Å². The van der Waals surface area contributed by atoms with Crippen LogP contribution in [0.3, 0.4) is 0 Å². The molecule has 12 rings (SSSR count). The molecule has 8 aromatic carbocycles.